The minimum atomic E-state index is -1.88. The smallest absolute Gasteiger partial charge is 0.200 e. The zero-order valence-corrected chi connectivity index (χ0v) is 29.9. The molecule has 8 heteroatoms. The summed E-state index contributed by atoms with van der Waals surface area (Å²) in [5.74, 6) is 0. The van der Waals surface area contributed by atoms with Crippen LogP contribution in [0.25, 0.3) is 21.9 Å². The number of hydrogen-bond acceptors (Lipinski definition) is 6. The van der Waals surface area contributed by atoms with Gasteiger partial charge in [0.1, 0.15) is 11.2 Å². The van der Waals surface area contributed by atoms with E-state index in [9.17, 15) is 4.79 Å². The molecule has 6 nitrogen and oxygen atoms in total. The Labute approximate surface area is 255 Å². The van der Waals surface area contributed by atoms with Crippen molar-refractivity contribution >= 4 is 49.9 Å². The number of hydrogen-bond donors (Lipinski definition) is 0. The molecule has 1 aliphatic heterocycles. The summed E-state index contributed by atoms with van der Waals surface area (Å²) >= 11 is 0. The predicted molar refractivity (Wildman–Crippen MR) is 185 cm³/mol. The average Bonchev–Trinajstić information content (AvgIpc) is 2.91. The summed E-state index contributed by atoms with van der Waals surface area (Å²) in [6.07, 6.45) is 3.69. The third kappa shape index (κ3) is 7.32. The quantitative estimate of drug-likeness (QED) is 0.169. The van der Waals surface area contributed by atoms with Crippen molar-refractivity contribution in [2.45, 2.75) is 97.1 Å². The highest BCUT2D eigenvalue weighted by Gasteiger charge is 2.38. The van der Waals surface area contributed by atoms with Crippen molar-refractivity contribution in [2.24, 2.45) is 0 Å². The minimum Gasteiger partial charge on any atom is -0.456 e. The van der Waals surface area contributed by atoms with Gasteiger partial charge in [-0.05, 0) is 79.8 Å². The molecular weight excluding hydrogens is 557 g/mol. The van der Waals surface area contributed by atoms with Crippen LogP contribution in [0.15, 0.2) is 45.6 Å². The number of benzene rings is 2. The molecule has 2 aromatic carbocycles. The maximum atomic E-state index is 13.5. The Morgan fingerprint density at radius 2 is 1.26 bits per heavy atom. The van der Waals surface area contributed by atoms with E-state index in [1.807, 2.05) is 30.3 Å². The third-order valence-electron chi connectivity index (χ3n) is 9.99. The lowest BCUT2D eigenvalue weighted by Gasteiger charge is -2.38. The molecule has 0 aliphatic carbocycles. The normalized spacial score (nSPS) is 15.5. The van der Waals surface area contributed by atoms with Crippen LogP contribution in [0.3, 0.4) is 0 Å². The van der Waals surface area contributed by atoms with Crippen molar-refractivity contribution in [2.75, 3.05) is 49.2 Å². The second kappa shape index (κ2) is 12.5. The summed E-state index contributed by atoms with van der Waals surface area (Å²) in [6, 6.07) is 12.0. The fourth-order valence-corrected chi connectivity index (χ4v) is 7.07. The molecule has 1 aliphatic rings. The lowest BCUT2D eigenvalue weighted by Crippen LogP contribution is -2.44. The van der Waals surface area contributed by atoms with E-state index in [-0.39, 0.29) is 15.5 Å². The number of nitrogens with zero attached hydrogens (tertiary/aromatic N) is 2. The molecule has 0 amide bonds. The Bertz CT molecular complexity index is 1400. The van der Waals surface area contributed by atoms with Crippen molar-refractivity contribution in [3.05, 3.63) is 46.6 Å². The highest BCUT2D eigenvalue weighted by molar-refractivity contribution is 6.74. The molecule has 0 atom stereocenters. The van der Waals surface area contributed by atoms with Crippen LogP contribution in [-0.2, 0) is 8.85 Å². The van der Waals surface area contributed by atoms with E-state index in [1.165, 1.54) is 19.3 Å². The number of piperidine rings is 1. The lowest BCUT2D eigenvalue weighted by molar-refractivity contribution is 0.276. The summed E-state index contributed by atoms with van der Waals surface area (Å²) < 4.78 is 19.6. The third-order valence-corrected chi connectivity index (χ3v) is 19.1. The molecule has 3 aromatic rings. The van der Waals surface area contributed by atoms with E-state index in [2.05, 4.69) is 83.6 Å². The van der Waals surface area contributed by atoms with Crippen molar-refractivity contribution < 1.29 is 13.3 Å². The fourth-order valence-electron chi connectivity index (χ4n) is 5.00. The van der Waals surface area contributed by atoms with Gasteiger partial charge in [0.05, 0.1) is 24.0 Å². The van der Waals surface area contributed by atoms with Gasteiger partial charge >= 0.3 is 0 Å². The van der Waals surface area contributed by atoms with Gasteiger partial charge in [-0.3, -0.25) is 4.79 Å². The number of fused-ring (bicyclic) bond motifs is 2. The van der Waals surface area contributed by atoms with Gasteiger partial charge in [-0.15, -0.1) is 0 Å². The van der Waals surface area contributed by atoms with Gasteiger partial charge < -0.3 is 23.1 Å². The van der Waals surface area contributed by atoms with Gasteiger partial charge in [0.25, 0.3) is 0 Å². The van der Waals surface area contributed by atoms with Crippen LogP contribution in [0, 0.1) is 0 Å². The summed E-state index contributed by atoms with van der Waals surface area (Å²) in [5, 5.41) is 1.57. The van der Waals surface area contributed by atoms with Crippen molar-refractivity contribution in [3.63, 3.8) is 0 Å². The maximum absolute atomic E-state index is 13.5. The fraction of sp³-hybridized carbons (Fsp3) is 0.618. The van der Waals surface area contributed by atoms with Crippen LogP contribution in [0.2, 0.25) is 36.3 Å². The van der Waals surface area contributed by atoms with E-state index >= 15 is 0 Å². The molecular formula is C34H54N2O4Si2. The summed E-state index contributed by atoms with van der Waals surface area (Å²) in [6.45, 7) is 27.7. The molecule has 0 unspecified atom stereocenters. The maximum Gasteiger partial charge on any atom is 0.200 e. The molecule has 2 heterocycles. The SMILES string of the molecule is CC(C)(C)[Si](C)(C)OCCN(CCO[Si](C)(C)C(C)(C)C)c1ccc2c(=O)c3ccc(N4CCCCC4)cc3oc2c1. The number of anilines is 2. The van der Waals surface area contributed by atoms with E-state index in [1.54, 1.807) is 0 Å². The first-order valence-electron chi connectivity index (χ1n) is 15.8. The highest BCUT2D eigenvalue weighted by atomic mass is 28.4. The Morgan fingerprint density at radius 1 is 0.762 bits per heavy atom. The van der Waals surface area contributed by atoms with Crippen LogP contribution >= 0.6 is 0 Å². The first-order chi connectivity index (χ1) is 19.5. The second-order valence-electron chi connectivity index (χ2n) is 15.0. The monoisotopic (exact) mass is 610 g/mol. The zero-order valence-electron chi connectivity index (χ0n) is 27.9. The predicted octanol–water partition coefficient (Wildman–Crippen LogP) is 8.79. The topological polar surface area (TPSA) is 55.2 Å². The molecule has 232 valence electrons. The Hall–Kier alpha value is -2.14. The lowest BCUT2D eigenvalue weighted by atomic mass is 10.1. The second-order valence-corrected chi connectivity index (χ2v) is 24.7. The molecule has 0 spiro atoms. The minimum absolute atomic E-state index is 0.0251. The first kappa shape index (κ1) is 32.8. The van der Waals surface area contributed by atoms with Crippen LogP contribution < -0.4 is 15.2 Å². The van der Waals surface area contributed by atoms with E-state index < -0.39 is 16.6 Å². The Kier molecular flexibility index (Phi) is 9.72. The van der Waals surface area contributed by atoms with Crippen LogP contribution in [0.4, 0.5) is 11.4 Å². The highest BCUT2D eigenvalue weighted by Crippen LogP contribution is 2.37. The molecule has 0 bridgehead atoms. The Morgan fingerprint density at radius 3 is 1.79 bits per heavy atom. The van der Waals surface area contributed by atoms with E-state index in [4.69, 9.17) is 13.3 Å². The van der Waals surface area contributed by atoms with Crippen molar-refractivity contribution in [3.8, 4) is 0 Å². The van der Waals surface area contributed by atoms with Crippen LogP contribution in [0.5, 0.6) is 0 Å². The van der Waals surface area contributed by atoms with E-state index in [0.717, 1.165) is 37.6 Å². The van der Waals surface area contributed by atoms with E-state index in [0.29, 0.717) is 35.2 Å². The van der Waals surface area contributed by atoms with Gasteiger partial charge in [0.2, 0.25) is 5.43 Å². The zero-order chi connectivity index (χ0) is 30.9. The van der Waals surface area contributed by atoms with Gasteiger partial charge in [-0.2, -0.15) is 0 Å². The summed E-state index contributed by atoms with van der Waals surface area (Å²) in [5.41, 5.74) is 3.46. The first-order valence-corrected chi connectivity index (χ1v) is 21.6. The molecule has 0 saturated carbocycles. The molecule has 1 aromatic heterocycles. The van der Waals surface area contributed by atoms with Crippen molar-refractivity contribution in [1.29, 1.82) is 0 Å². The van der Waals surface area contributed by atoms with Gasteiger partial charge in [-0.1, -0.05) is 41.5 Å². The van der Waals surface area contributed by atoms with Crippen LogP contribution in [-0.4, -0.2) is 56.0 Å². The molecule has 0 N–H and O–H groups in total. The summed E-state index contributed by atoms with van der Waals surface area (Å²) in [4.78, 5) is 18.2. The van der Waals surface area contributed by atoms with Gasteiger partial charge in [-0.25, -0.2) is 0 Å². The largest absolute Gasteiger partial charge is 0.456 e. The average molecular weight is 611 g/mol. The standard InChI is InChI=1S/C34H54N2O4Si2/c1-33(2,3)41(7,8)38-22-20-36(21-23-39-42(9,10)34(4,5)6)27-15-17-29-31(25-27)40-30-24-26(14-16-28(30)32(29)37)35-18-12-11-13-19-35/h14-17,24-25H,11-13,18-23H2,1-10H3. The van der Waals surface area contributed by atoms with Gasteiger partial charge in [0, 0.05) is 49.7 Å². The molecule has 0 radical (unpaired) electrons. The molecule has 1 fully saturated rings. The van der Waals surface area contributed by atoms with Gasteiger partial charge in [0.15, 0.2) is 16.6 Å². The molecule has 1 saturated heterocycles. The number of rotatable bonds is 10. The molecule has 42 heavy (non-hydrogen) atoms. The summed E-state index contributed by atoms with van der Waals surface area (Å²) in [7, 11) is -3.75. The van der Waals surface area contributed by atoms with Crippen molar-refractivity contribution in [1.82, 2.24) is 0 Å². The Balaban J connectivity index is 1.63. The van der Waals surface area contributed by atoms with Crippen LogP contribution in [0.1, 0.15) is 60.8 Å². The molecule has 4 rings (SSSR count).